The van der Waals surface area contributed by atoms with Crippen molar-refractivity contribution < 1.29 is 23.5 Å². The fourth-order valence-corrected chi connectivity index (χ4v) is 4.85. The summed E-state index contributed by atoms with van der Waals surface area (Å²) in [5, 5.41) is 0. The average Bonchev–Trinajstić information content (AvgIpc) is 2.89. The summed E-state index contributed by atoms with van der Waals surface area (Å²) in [6, 6.07) is 17.0. The Labute approximate surface area is 218 Å². The van der Waals surface area contributed by atoms with Gasteiger partial charge in [-0.3, -0.25) is 4.79 Å². The summed E-state index contributed by atoms with van der Waals surface area (Å²) in [4.78, 5) is 25.0. The molecule has 0 heterocycles. The van der Waals surface area contributed by atoms with Gasteiger partial charge < -0.3 is 9.47 Å². The average molecular weight is 501 g/mol. The fourth-order valence-electron chi connectivity index (χ4n) is 4.85. The Morgan fingerprint density at radius 2 is 1.54 bits per heavy atom. The molecule has 192 valence electrons. The SMILES string of the molecule is COC(=O)c1ccc(C=CC(=O)c2cc(OCc3ccc(F)cc3)c3c(c2)C(C)(C)CCC3(C)C)cc1. The Morgan fingerprint density at radius 1 is 0.892 bits per heavy atom. The molecule has 4 nitrogen and oxygen atoms in total. The van der Waals surface area contributed by atoms with Crippen LogP contribution in [0.1, 0.15) is 83.5 Å². The van der Waals surface area contributed by atoms with E-state index in [1.807, 2.05) is 12.1 Å². The maximum atomic E-state index is 13.4. The van der Waals surface area contributed by atoms with Crippen LogP contribution in [-0.4, -0.2) is 18.9 Å². The maximum Gasteiger partial charge on any atom is 0.337 e. The first-order valence-corrected chi connectivity index (χ1v) is 12.5. The summed E-state index contributed by atoms with van der Waals surface area (Å²) in [7, 11) is 1.34. The number of ether oxygens (including phenoxy) is 2. The number of carbonyl (C=O) groups excluding carboxylic acids is 2. The molecule has 1 aliphatic rings. The van der Waals surface area contributed by atoms with Crippen molar-refractivity contribution in [3.05, 3.63) is 106 Å². The van der Waals surface area contributed by atoms with Crippen molar-refractivity contribution in [1.82, 2.24) is 0 Å². The molecular weight excluding hydrogens is 467 g/mol. The lowest BCUT2D eigenvalue weighted by atomic mass is 9.62. The van der Waals surface area contributed by atoms with Crippen molar-refractivity contribution in [3.8, 4) is 5.75 Å². The summed E-state index contributed by atoms with van der Waals surface area (Å²) in [6.07, 6.45) is 5.29. The Balaban J connectivity index is 1.67. The van der Waals surface area contributed by atoms with Crippen molar-refractivity contribution in [1.29, 1.82) is 0 Å². The summed E-state index contributed by atoms with van der Waals surface area (Å²) in [5.41, 5.74) is 4.70. The Kier molecular flexibility index (Phi) is 7.35. The molecule has 5 heteroatoms. The molecule has 0 amide bonds. The third kappa shape index (κ3) is 5.82. The molecule has 0 atom stereocenters. The summed E-state index contributed by atoms with van der Waals surface area (Å²) < 4.78 is 24.4. The van der Waals surface area contributed by atoms with E-state index in [0.29, 0.717) is 16.9 Å². The molecule has 4 rings (SSSR count). The molecule has 0 radical (unpaired) electrons. The second kappa shape index (κ2) is 10.3. The lowest BCUT2D eigenvalue weighted by molar-refractivity contribution is 0.0600. The van der Waals surface area contributed by atoms with Gasteiger partial charge in [-0.1, -0.05) is 58.0 Å². The highest BCUT2D eigenvalue weighted by Gasteiger charge is 2.40. The number of carbonyl (C=O) groups is 2. The van der Waals surface area contributed by atoms with Crippen LogP contribution in [0.15, 0.2) is 66.7 Å². The first-order chi connectivity index (χ1) is 17.5. The molecule has 0 aliphatic heterocycles. The summed E-state index contributed by atoms with van der Waals surface area (Å²) in [6.45, 7) is 9.12. The van der Waals surface area contributed by atoms with E-state index in [9.17, 15) is 14.0 Å². The highest BCUT2D eigenvalue weighted by molar-refractivity contribution is 6.07. The van der Waals surface area contributed by atoms with E-state index in [2.05, 4.69) is 27.7 Å². The number of hydrogen-bond acceptors (Lipinski definition) is 4. The third-order valence-corrected chi connectivity index (χ3v) is 7.23. The molecule has 0 N–H and O–H groups in total. The number of esters is 1. The molecule has 1 aliphatic carbocycles. The van der Waals surface area contributed by atoms with E-state index in [1.54, 1.807) is 48.6 Å². The summed E-state index contributed by atoms with van der Waals surface area (Å²) in [5.74, 6) is -0.132. The molecule has 0 saturated carbocycles. The van der Waals surface area contributed by atoms with Gasteiger partial charge in [0.15, 0.2) is 5.78 Å². The minimum absolute atomic E-state index is 0.109. The van der Waals surface area contributed by atoms with Gasteiger partial charge in [-0.2, -0.15) is 0 Å². The van der Waals surface area contributed by atoms with Gasteiger partial charge in [-0.05, 0) is 82.8 Å². The standard InChI is InChI=1S/C32H33FO4/c1-31(2)16-17-32(3,4)29-26(31)18-24(19-28(29)37-20-22-8-13-25(33)14-9-22)27(34)15-10-21-6-11-23(12-7-21)30(35)36-5/h6-15,18-19H,16-17,20H2,1-5H3. The molecule has 3 aromatic rings. The van der Waals surface area contributed by atoms with Crippen LogP contribution in [0.5, 0.6) is 5.75 Å². The van der Waals surface area contributed by atoms with E-state index in [1.165, 1.54) is 19.2 Å². The topological polar surface area (TPSA) is 52.6 Å². The zero-order valence-electron chi connectivity index (χ0n) is 22.1. The van der Waals surface area contributed by atoms with Crippen LogP contribution in [0.2, 0.25) is 0 Å². The monoisotopic (exact) mass is 500 g/mol. The number of allylic oxidation sites excluding steroid dienone is 1. The van der Waals surface area contributed by atoms with Crippen LogP contribution in [0.25, 0.3) is 6.08 Å². The molecule has 3 aromatic carbocycles. The van der Waals surface area contributed by atoms with Crippen molar-refractivity contribution in [2.24, 2.45) is 0 Å². The summed E-state index contributed by atoms with van der Waals surface area (Å²) >= 11 is 0. The van der Waals surface area contributed by atoms with Gasteiger partial charge in [0.05, 0.1) is 12.7 Å². The van der Waals surface area contributed by atoms with Crippen LogP contribution in [0, 0.1) is 5.82 Å². The third-order valence-electron chi connectivity index (χ3n) is 7.23. The van der Waals surface area contributed by atoms with Gasteiger partial charge >= 0.3 is 5.97 Å². The van der Waals surface area contributed by atoms with E-state index in [-0.39, 0.29) is 29.0 Å². The number of rotatable bonds is 7. The van der Waals surface area contributed by atoms with Crippen LogP contribution in [-0.2, 0) is 22.2 Å². The predicted octanol–water partition coefficient (Wildman–Crippen LogP) is 7.44. The van der Waals surface area contributed by atoms with Gasteiger partial charge in [0.25, 0.3) is 0 Å². The van der Waals surface area contributed by atoms with Crippen LogP contribution < -0.4 is 4.74 Å². The second-order valence-corrected chi connectivity index (χ2v) is 10.9. The molecule has 0 saturated heterocycles. The van der Waals surface area contributed by atoms with Crippen LogP contribution >= 0.6 is 0 Å². The van der Waals surface area contributed by atoms with E-state index in [4.69, 9.17) is 9.47 Å². The fraction of sp³-hybridized carbons (Fsp3) is 0.312. The minimum atomic E-state index is -0.403. The first-order valence-electron chi connectivity index (χ1n) is 12.5. The molecular formula is C32H33FO4. The molecule has 0 unspecified atom stereocenters. The lowest BCUT2D eigenvalue weighted by Gasteiger charge is -2.42. The Hall–Kier alpha value is -3.73. The first kappa shape index (κ1) is 26.3. The predicted molar refractivity (Wildman–Crippen MR) is 144 cm³/mol. The highest BCUT2D eigenvalue weighted by Crippen LogP contribution is 2.50. The largest absolute Gasteiger partial charge is 0.489 e. The van der Waals surface area contributed by atoms with E-state index < -0.39 is 5.97 Å². The second-order valence-electron chi connectivity index (χ2n) is 10.9. The molecule has 0 bridgehead atoms. The van der Waals surface area contributed by atoms with Crippen molar-refractivity contribution >= 4 is 17.8 Å². The van der Waals surface area contributed by atoms with Crippen molar-refractivity contribution in [3.63, 3.8) is 0 Å². The number of methoxy groups -OCH3 is 1. The molecule has 0 fully saturated rings. The van der Waals surface area contributed by atoms with E-state index >= 15 is 0 Å². The maximum absolute atomic E-state index is 13.4. The minimum Gasteiger partial charge on any atom is -0.489 e. The number of benzene rings is 3. The van der Waals surface area contributed by atoms with Crippen molar-refractivity contribution in [2.45, 2.75) is 58.0 Å². The van der Waals surface area contributed by atoms with Gasteiger partial charge in [0.1, 0.15) is 18.2 Å². The Bertz CT molecular complexity index is 1330. The van der Waals surface area contributed by atoms with Crippen LogP contribution in [0.3, 0.4) is 0 Å². The number of hydrogen-bond donors (Lipinski definition) is 0. The lowest BCUT2D eigenvalue weighted by Crippen LogP contribution is -2.34. The molecule has 0 aromatic heterocycles. The van der Waals surface area contributed by atoms with Gasteiger partial charge in [0.2, 0.25) is 0 Å². The van der Waals surface area contributed by atoms with Gasteiger partial charge in [-0.15, -0.1) is 0 Å². The normalized spacial score (nSPS) is 15.7. The van der Waals surface area contributed by atoms with Crippen molar-refractivity contribution in [2.75, 3.05) is 7.11 Å². The number of halogens is 1. The Morgan fingerprint density at radius 3 is 2.19 bits per heavy atom. The molecule has 0 spiro atoms. The number of ketones is 1. The highest BCUT2D eigenvalue weighted by atomic mass is 19.1. The quantitative estimate of drug-likeness (QED) is 0.192. The zero-order valence-corrected chi connectivity index (χ0v) is 22.1. The van der Waals surface area contributed by atoms with E-state index in [0.717, 1.165) is 35.1 Å². The molecule has 37 heavy (non-hydrogen) atoms. The number of fused-ring (bicyclic) bond motifs is 1. The smallest absolute Gasteiger partial charge is 0.337 e. The zero-order chi connectivity index (χ0) is 26.8. The van der Waals surface area contributed by atoms with Crippen LogP contribution in [0.4, 0.5) is 4.39 Å². The van der Waals surface area contributed by atoms with Gasteiger partial charge in [0, 0.05) is 11.1 Å². The van der Waals surface area contributed by atoms with Gasteiger partial charge in [-0.25, -0.2) is 9.18 Å².